The summed E-state index contributed by atoms with van der Waals surface area (Å²) in [5.74, 6) is -0.659. The Morgan fingerprint density at radius 3 is 2.57 bits per heavy atom. The average Bonchev–Trinajstić information content (AvgIpc) is 2.70. The Balaban J connectivity index is 1.98. The standard InChI is InChI=1S/C20H16BrClN2O4/c1-27-19-15(20(26)28-2)9-11-7-13(22)8-12(17(11)24-19)10-23-18(25)14-5-3-4-6-16(14)21/h3-9H,10H2,1-2H3,(H,23,25). The van der Waals surface area contributed by atoms with Crippen molar-refractivity contribution in [2.75, 3.05) is 14.2 Å². The number of halogens is 2. The number of fused-ring (bicyclic) bond motifs is 1. The number of methoxy groups -OCH3 is 2. The van der Waals surface area contributed by atoms with Gasteiger partial charge < -0.3 is 14.8 Å². The maximum atomic E-state index is 12.5. The Labute approximate surface area is 174 Å². The number of hydrogen-bond acceptors (Lipinski definition) is 5. The molecule has 0 saturated carbocycles. The monoisotopic (exact) mass is 462 g/mol. The van der Waals surface area contributed by atoms with E-state index < -0.39 is 5.97 Å². The van der Waals surface area contributed by atoms with Gasteiger partial charge in [0.15, 0.2) is 0 Å². The second-order valence-electron chi connectivity index (χ2n) is 5.84. The molecule has 28 heavy (non-hydrogen) atoms. The van der Waals surface area contributed by atoms with E-state index in [2.05, 4.69) is 26.2 Å². The predicted octanol–water partition coefficient (Wildman–Crippen LogP) is 4.38. The predicted molar refractivity (Wildman–Crippen MR) is 110 cm³/mol. The minimum Gasteiger partial charge on any atom is -0.480 e. The van der Waals surface area contributed by atoms with Gasteiger partial charge in [-0.3, -0.25) is 4.79 Å². The van der Waals surface area contributed by atoms with Crippen molar-refractivity contribution in [3.63, 3.8) is 0 Å². The third-order valence-electron chi connectivity index (χ3n) is 4.08. The summed E-state index contributed by atoms with van der Waals surface area (Å²) >= 11 is 9.59. The van der Waals surface area contributed by atoms with Gasteiger partial charge in [-0.25, -0.2) is 9.78 Å². The van der Waals surface area contributed by atoms with E-state index >= 15 is 0 Å². The molecule has 3 rings (SSSR count). The largest absolute Gasteiger partial charge is 0.480 e. The van der Waals surface area contributed by atoms with E-state index in [9.17, 15) is 9.59 Å². The van der Waals surface area contributed by atoms with Crippen LogP contribution in [0.3, 0.4) is 0 Å². The molecule has 0 bridgehead atoms. The number of aromatic nitrogens is 1. The summed E-state index contributed by atoms with van der Waals surface area (Å²) in [5, 5.41) is 3.96. The van der Waals surface area contributed by atoms with Crippen molar-refractivity contribution in [2.45, 2.75) is 6.54 Å². The summed E-state index contributed by atoms with van der Waals surface area (Å²) in [6.07, 6.45) is 0. The summed E-state index contributed by atoms with van der Waals surface area (Å²) in [6, 6.07) is 12.2. The lowest BCUT2D eigenvalue weighted by atomic mass is 10.1. The van der Waals surface area contributed by atoms with Crippen LogP contribution in [0.5, 0.6) is 5.88 Å². The molecule has 2 aromatic carbocycles. The zero-order valence-corrected chi connectivity index (χ0v) is 17.4. The third kappa shape index (κ3) is 4.10. The van der Waals surface area contributed by atoms with E-state index in [1.54, 1.807) is 36.4 Å². The molecule has 0 atom stereocenters. The Hall–Kier alpha value is -2.64. The first-order valence-electron chi connectivity index (χ1n) is 8.22. The van der Waals surface area contributed by atoms with Crippen molar-refractivity contribution in [1.29, 1.82) is 0 Å². The molecular formula is C20H16BrClN2O4. The second kappa shape index (κ2) is 8.58. The van der Waals surface area contributed by atoms with Gasteiger partial charge in [-0.15, -0.1) is 0 Å². The highest BCUT2D eigenvalue weighted by Crippen LogP contribution is 2.28. The van der Waals surface area contributed by atoms with Crippen molar-refractivity contribution in [2.24, 2.45) is 0 Å². The molecule has 6 nitrogen and oxygen atoms in total. The molecule has 0 saturated heterocycles. The number of ether oxygens (including phenoxy) is 2. The summed E-state index contributed by atoms with van der Waals surface area (Å²) in [7, 11) is 2.71. The van der Waals surface area contributed by atoms with E-state index in [4.69, 9.17) is 21.1 Å². The zero-order valence-electron chi connectivity index (χ0n) is 15.1. The molecule has 144 valence electrons. The molecule has 3 aromatic rings. The molecule has 0 fully saturated rings. The van der Waals surface area contributed by atoms with E-state index in [1.807, 2.05) is 6.07 Å². The van der Waals surface area contributed by atoms with Crippen molar-refractivity contribution < 1.29 is 19.1 Å². The van der Waals surface area contributed by atoms with Gasteiger partial charge in [0, 0.05) is 21.4 Å². The van der Waals surface area contributed by atoms with Gasteiger partial charge in [0.1, 0.15) is 5.56 Å². The SMILES string of the molecule is COC(=O)c1cc2cc(Cl)cc(CNC(=O)c3ccccc3Br)c2nc1OC. The lowest BCUT2D eigenvalue weighted by Crippen LogP contribution is -2.23. The Morgan fingerprint density at radius 1 is 1.14 bits per heavy atom. The fourth-order valence-electron chi connectivity index (χ4n) is 2.77. The lowest BCUT2D eigenvalue weighted by Gasteiger charge is -2.12. The molecule has 1 aromatic heterocycles. The number of amides is 1. The highest BCUT2D eigenvalue weighted by molar-refractivity contribution is 9.10. The Kier molecular flexibility index (Phi) is 6.16. The van der Waals surface area contributed by atoms with Gasteiger partial charge in [-0.2, -0.15) is 0 Å². The normalized spacial score (nSPS) is 10.6. The van der Waals surface area contributed by atoms with Gasteiger partial charge in [0.2, 0.25) is 5.88 Å². The van der Waals surface area contributed by atoms with Crippen LogP contribution in [0.15, 0.2) is 46.9 Å². The fourth-order valence-corrected chi connectivity index (χ4v) is 3.48. The molecule has 0 aliphatic carbocycles. The molecule has 0 spiro atoms. The van der Waals surface area contributed by atoms with Crippen molar-refractivity contribution in [3.8, 4) is 5.88 Å². The van der Waals surface area contributed by atoms with Gasteiger partial charge >= 0.3 is 5.97 Å². The molecule has 0 unspecified atom stereocenters. The van der Waals surface area contributed by atoms with E-state index in [0.29, 0.717) is 31.5 Å². The third-order valence-corrected chi connectivity index (χ3v) is 4.99. The Morgan fingerprint density at radius 2 is 1.89 bits per heavy atom. The van der Waals surface area contributed by atoms with Gasteiger partial charge in [0.05, 0.1) is 25.3 Å². The van der Waals surface area contributed by atoms with Crippen LogP contribution >= 0.6 is 27.5 Å². The quantitative estimate of drug-likeness (QED) is 0.568. The molecule has 1 amide bonds. The van der Waals surface area contributed by atoms with Crippen molar-refractivity contribution >= 4 is 50.3 Å². The number of nitrogens with zero attached hydrogens (tertiary/aromatic N) is 1. The number of hydrogen-bond donors (Lipinski definition) is 1. The summed E-state index contributed by atoms with van der Waals surface area (Å²) in [4.78, 5) is 28.9. The minimum absolute atomic E-state index is 0.139. The smallest absolute Gasteiger partial charge is 0.343 e. The molecular weight excluding hydrogens is 448 g/mol. The zero-order chi connectivity index (χ0) is 20.3. The molecule has 0 aliphatic heterocycles. The van der Waals surface area contributed by atoms with Gasteiger partial charge in [-0.05, 0) is 51.8 Å². The van der Waals surface area contributed by atoms with Crippen LogP contribution in [-0.4, -0.2) is 31.1 Å². The second-order valence-corrected chi connectivity index (χ2v) is 7.13. The van der Waals surface area contributed by atoms with Crippen LogP contribution in [0.4, 0.5) is 0 Å². The first-order chi connectivity index (χ1) is 13.4. The molecule has 1 heterocycles. The molecule has 0 aliphatic rings. The highest BCUT2D eigenvalue weighted by atomic mass is 79.9. The Bertz CT molecular complexity index is 1070. The number of pyridine rings is 1. The first-order valence-corrected chi connectivity index (χ1v) is 9.40. The summed E-state index contributed by atoms with van der Waals surface area (Å²) in [6.45, 7) is 0.199. The van der Waals surface area contributed by atoms with Crippen molar-refractivity contribution in [1.82, 2.24) is 10.3 Å². The van der Waals surface area contributed by atoms with Crippen LogP contribution < -0.4 is 10.1 Å². The minimum atomic E-state index is -0.560. The van der Waals surface area contributed by atoms with Crippen LogP contribution in [0.1, 0.15) is 26.3 Å². The van der Waals surface area contributed by atoms with E-state index in [0.717, 1.165) is 0 Å². The molecule has 1 N–H and O–H groups in total. The van der Waals surface area contributed by atoms with Crippen LogP contribution in [0, 0.1) is 0 Å². The number of nitrogens with one attached hydrogen (secondary N) is 1. The first kappa shape index (κ1) is 20.1. The number of carbonyl (C=O) groups is 2. The number of rotatable bonds is 5. The molecule has 0 radical (unpaired) electrons. The topological polar surface area (TPSA) is 77.5 Å². The lowest BCUT2D eigenvalue weighted by molar-refractivity contribution is 0.0596. The van der Waals surface area contributed by atoms with Crippen LogP contribution in [0.25, 0.3) is 10.9 Å². The van der Waals surface area contributed by atoms with Crippen LogP contribution in [-0.2, 0) is 11.3 Å². The number of esters is 1. The number of benzene rings is 2. The van der Waals surface area contributed by atoms with Gasteiger partial charge in [0.25, 0.3) is 5.91 Å². The highest BCUT2D eigenvalue weighted by Gasteiger charge is 2.18. The van der Waals surface area contributed by atoms with Gasteiger partial charge in [-0.1, -0.05) is 23.7 Å². The van der Waals surface area contributed by atoms with Crippen molar-refractivity contribution in [3.05, 3.63) is 68.7 Å². The number of carbonyl (C=O) groups excluding carboxylic acids is 2. The maximum absolute atomic E-state index is 12.5. The average molecular weight is 464 g/mol. The summed E-state index contributed by atoms with van der Waals surface area (Å²) < 4.78 is 10.7. The van der Waals surface area contributed by atoms with Crippen LogP contribution in [0.2, 0.25) is 5.02 Å². The van der Waals surface area contributed by atoms with E-state index in [1.165, 1.54) is 14.2 Å². The fraction of sp³-hybridized carbons (Fsp3) is 0.150. The summed E-state index contributed by atoms with van der Waals surface area (Å²) in [5.41, 5.74) is 1.98. The van der Waals surface area contributed by atoms with E-state index in [-0.39, 0.29) is 23.9 Å². The maximum Gasteiger partial charge on any atom is 0.343 e. The molecule has 8 heteroatoms.